The van der Waals surface area contributed by atoms with Crippen molar-refractivity contribution in [3.8, 4) is 11.5 Å². The Balaban J connectivity index is 1.33. The zero-order chi connectivity index (χ0) is 17.2. The van der Waals surface area contributed by atoms with Gasteiger partial charge in [-0.2, -0.15) is 0 Å². The first kappa shape index (κ1) is 16.5. The van der Waals surface area contributed by atoms with Gasteiger partial charge in [-0.1, -0.05) is 23.7 Å². The minimum atomic E-state index is -0.386. The molecule has 0 saturated carbocycles. The van der Waals surface area contributed by atoms with Crippen LogP contribution in [0.15, 0.2) is 36.4 Å². The zero-order valence-electron chi connectivity index (χ0n) is 13.8. The Kier molecular flexibility index (Phi) is 4.68. The molecular weight excluding hydrogens is 343 g/mol. The van der Waals surface area contributed by atoms with E-state index in [-0.39, 0.29) is 10.8 Å². The predicted octanol–water partition coefficient (Wildman–Crippen LogP) is 4.28. The van der Waals surface area contributed by atoms with E-state index in [0.29, 0.717) is 12.8 Å². The highest BCUT2D eigenvalue weighted by molar-refractivity contribution is 6.31. The first-order valence-electron chi connectivity index (χ1n) is 8.50. The number of nitrogens with one attached hydrogen (secondary N) is 1. The third kappa shape index (κ3) is 3.67. The number of fused-ring (bicyclic) bond motifs is 1. The van der Waals surface area contributed by atoms with Gasteiger partial charge in [0.15, 0.2) is 11.5 Å². The summed E-state index contributed by atoms with van der Waals surface area (Å²) in [6.45, 7) is 3.16. The van der Waals surface area contributed by atoms with E-state index in [1.165, 1.54) is 11.6 Å². The van der Waals surface area contributed by atoms with E-state index < -0.39 is 0 Å². The van der Waals surface area contributed by atoms with Gasteiger partial charge in [0, 0.05) is 36.9 Å². The van der Waals surface area contributed by atoms with Crippen LogP contribution < -0.4 is 14.8 Å². The second kappa shape index (κ2) is 7.10. The second-order valence-corrected chi connectivity index (χ2v) is 6.88. The summed E-state index contributed by atoms with van der Waals surface area (Å²) < 4.78 is 24.3. The summed E-state index contributed by atoms with van der Waals surface area (Å²) in [5.74, 6) is 1.33. The maximum atomic E-state index is 13.2. The Hall–Kier alpha value is -1.98. The molecule has 4 rings (SSSR count). The summed E-state index contributed by atoms with van der Waals surface area (Å²) in [6, 6.07) is 11.2. The van der Waals surface area contributed by atoms with Crippen LogP contribution in [0.2, 0.25) is 5.02 Å². The number of piperidine rings is 1. The predicted molar refractivity (Wildman–Crippen MR) is 95.9 cm³/mol. The van der Waals surface area contributed by atoms with E-state index in [2.05, 4.69) is 16.3 Å². The first-order chi connectivity index (χ1) is 12.2. The van der Waals surface area contributed by atoms with Crippen LogP contribution in [0.3, 0.4) is 0 Å². The van der Waals surface area contributed by atoms with Crippen LogP contribution in [0.4, 0.5) is 10.1 Å². The molecule has 0 aromatic heterocycles. The fraction of sp³-hybridized carbons (Fsp3) is 0.368. The van der Waals surface area contributed by atoms with Gasteiger partial charge in [-0.05, 0) is 37.1 Å². The number of para-hydroxylation sites is 1. The molecule has 0 bridgehead atoms. The highest BCUT2D eigenvalue weighted by atomic mass is 35.5. The third-order valence-electron chi connectivity index (χ3n) is 4.75. The van der Waals surface area contributed by atoms with E-state index in [1.54, 1.807) is 12.1 Å². The second-order valence-electron chi connectivity index (χ2n) is 6.47. The van der Waals surface area contributed by atoms with Gasteiger partial charge in [-0.25, -0.2) is 4.39 Å². The van der Waals surface area contributed by atoms with Crippen molar-refractivity contribution in [3.63, 3.8) is 0 Å². The topological polar surface area (TPSA) is 33.7 Å². The average Bonchev–Trinajstić information content (AvgIpc) is 3.10. The number of anilines is 1. The van der Waals surface area contributed by atoms with Crippen LogP contribution in [0.5, 0.6) is 11.5 Å². The van der Waals surface area contributed by atoms with E-state index in [4.69, 9.17) is 21.1 Å². The molecule has 0 aliphatic carbocycles. The lowest BCUT2D eigenvalue weighted by Gasteiger charge is -2.33. The Bertz CT molecular complexity index is 763. The summed E-state index contributed by atoms with van der Waals surface area (Å²) in [7, 11) is 0. The number of ether oxygens (including phenoxy) is 2. The van der Waals surface area contributed by atoms with E-state index in [1.807, 2.05) is 12.1 Å². The number of hydrogen-bond donors (Lipinski definition) is 1. The van der Waals surface area contributed by atoms with Gasteiger partial charge in [-0.15, -0.1) is 0 Å². The van der Waals surface area contributed by atoms with Crippen molar-refractivity contribution in [3.05, 3.63) is 52.8 Å². The Morgan fingerprint density at radius 3 is 2.80 bits per heavy atom. The van der Waals surface area contributed by atoms with Gasteiger partial charge in [0.05, 0.1) is 5.02 Å². The standard InChI is InChI=1S/C19H20ClFN2O2/c20-16-10-15(4-5-17(16)21)22-14-6-8-23(9-7-14)11-13-2-1-3-18-19(13)25-12-24-18/h1-5,10,14,22H,6-9,11-12H2. The first-order valence-corrected chi connectivity index (χ1v) is 8.88. The fourth-order valence-corrected chi connectivity index (χ4v) is 3.59. The summed E-state index contributed by atoms with van der Waals surface area (Å²) in [5.41, 5.74) is 2.04. The van der Waals surface area contributed by atoms with Crippen LogP contribution in [0, 0.1) is 5.82 Å². The van der Waals surface area contributed by atoms with Crippen molar-refractivity contribution in [2.24, 2.45) is 0 Å². The van der Waals surface area contributed by atoms with Crippen molar-refractivity contribution in [1.29, 1.82) is 0 Å². The number of hydrogen-bond acceptors (Lipinski definition) is 4. The largest absolute Gasteiger partial charge is 0.454 e. The normalized spacial score (nSPS) is 17.7. The number of benzene rings is 2. The number of rotatable bonds is 4. The number of nitrogens with zero attached hydrogens (tertiary/aromatic N) is 1. The van der Waals surface area contributed by atoms with Crippen LogP contribution in [-0.2, 0) is 6.54 Å². The molecule has 2 aliphatic heterocycles. The smallest absolute Gasteiger partial charge is 0.231 e. The maximum Gasteiger partial charge on any atom is 0.231 e. The Morgan fingerprint density at radius 1 is 1.16 bits per heavy atom. The Labute approximate surface area is 151 Å². The molecule has 1 N–H and O–H groups in total. The van der Waals surface area contributed by atoms with Gasteiger partial charge < -0.3 is 14.8 Å². The summed E-state index contributed by atoms with van der Waals surface area (Å²) in [4.78, 5) is 2.42. The maximum absolute atomic E-state index is 13.2. The lowest BCUT2D eigenvalue weighted by molar-refractivity contribution is 0.170. The van der Waals surface area contributed by atoms with Crippen molar-refractivity contribution in [1.82, 2.24) is 4.90 Å². The van der Waals surface area contributed by atoms with Crippen molar-refractivity contribution in [2.45, 2.75) is 25.4 Å². The lowest BCUT2D eigenvalue weighted by atomic mass is 10.0. The minimum absolute atomic E-state index is 0.155. The minimum Gasteiger partial charge on any atom is -0.454 e. The van der Waals surface area contributed by atoms with E-state index >= 15 is 0 Å². The molecule has 1 saturated heterocycles. The highest BCUT2D eigenvalue weighted by Gasteiger charge is 2.23. The molecule has 0 unspecified atom stereocenters. The monoisotopic (exact) mass is 362 g/mol. The molecule has 25 heavy (non-hydrogen) atoms. The molecule has 2 aromatic rings. The van der Waals surface area contributed by atoms with E-state index in [0.717, 1.165) is 49.7 Å². The summed E-state index contributed by atoms with van der Waals surface area (Å²) >= 11 is 5.85. The molecule has 0 radical (unpaired) electrons. The SMILES string of the molecule is Fc1ccc(NC2CCN(Cc3cccc4c3OCO4)CC2)cc1Cl. The quantitative estimate of drug-likeness (QED) is 0.880. The molecule has 2 aromatic carbocycles. The zero-order valence-corrected chi connectivity index (χ0v) is 14.6. The third-order valence-corrected chi connectivity index (χ3v) is 5.04. The number of likely N-dealkylation sites (tertiary alicyclic amines) is 1. The summed E-state index contributed by atoms with van der Waals surface area (Å²) in [5, 5.41) is 3.61. The van der Waals surface area contributed by atoms with Crippen molar-refractivity contribution in [2.75, 3.05) is 25.2 Å². The number of halogens is 2. The molecule has 0 spiro atoms. The van der Waals surface area contributed by atoms with Gasteiger partial charge in [-0.3, -0.25) is 4.90 Å². The van der Waals surface area contributed by atoms with Crippen LogP contribution >= 0.6 is 11.6 Å². The van der Waals surface area contributed by atoms with Crippen molar-refractivity contribution < 1.29 is 13.9 Å². The molecule has 1 fully saturated rings. The molecule has 2 aliphatic rings. The van der Waals surface area contributed by atoms with Crippen LogP contribution in [0.25, 0.3) is 0 Å². The highest BCUT2D eigenvalue weighted by Crippen LogP contribution is 2.36. The fourth-order valence-electron chi connectivity index (χ4n) is 3.41. The van der Waals surface area contributed by atoms with Gasteiger partial charge >= 0.3 is 0 Å². The average molecular weight is 363 g/mol. The van der Waals surface area contributed by atoms with Crippen LogP contribution in [-0.4, -0.2) is 30.8 Å². The summed E-state index contributed by atoms with van der Waals surface area (Å²) in [6.07, 6.45) is 2.06. The Morgan fingerprint density at radius 2 is 2.00 bits per heavy atom. The van der Waals surface area contributed by atoms with Crippen molar-refractivity contribution >= 4 is 17.3 Å². The molecule has 6 heteroatoms. The molecule has 0 atom stereocenters. The molecule has 4 nitrogen and oxygen atoms in total. The van der Waals surface area contributed by atoms with Gasteiger partial charge in [0.2, 0.25) is 6.79 Å². The molecule has 0 amide bonds. The van der Waals surface area contributed by atoms with Crippen LogP contribution in [0.1, 0.15) is 18.4 Å². The molecule has 132 valence electrons. The van der Waals surface area contributed by atoms with E-state index in [9.17, 15) is 4.39 Å². The molecular formula is C19H20ClFN2O2. The van der Waals surface area contributed by atoms with Gasteiger partial charge in [0.1, 0.15) is 5.82 Å². The van der Waals surface area contributed by atoms with Gasteiger partial charge in [0.25, 0.3) is 0 Å². The molecule has 2 heterocycles. The lowest BCUT2D eigenvalue weighted by Crippen LogP contribution is -2.38.